The Morgan fingerprint density at radius 1 is 1.35 bits per heavy atom. The van der Waals surface area contributed by atoms with Crippen LogP contribution in [-0.2, 0) is 4.74 Å². The van der Waals surface area contributed by atoms with Gasteiger partial charge in [0, 0.05) is 17.8 Å². The molecular formula is C13H18N2O5. The predicted molar refractivity (Wildman–Crippen MR) is 72.2 cm³/mol. The lowest BCUT2D eigenvalue weighted by atomic mass is 10.1. The Balaban J connectivity index is 2.73. The van der Waals surface area contributed by atoms with E-state index in [2.05, 4.69) is 10.1 Å². The molecule has 0 spiro atoms. The van der Waals surface area contributed by atoms with Crippen molar-refractivity contribution in [1.29, 1.82) is 0 Å². The van der Waals surface area contributed by atoms with E-state index in [1.54, 1.807) is 0 Å². The molecule has 0 aliphatic carbocycles. The van der Waals surface area contributed by atoms with Crippen LogP contribution in [0.25, 0.3) is 0 Å². The van der Waals surface area contributed by atoms with Crippen LogP contribution in [0.5, 0.6) is 0 Å². The van der Waals surface area contributed by atoms with E-state index in [0.717, 1.165) is 0 Å². The summed E-state index contributed by atoms with van der Waals surface area (Å²) in [6.45, 7) is -0.163. The van der Waals surface area contributed by atoms with Gasteiger partial charge in [0.15, 0.2) is 0 Å². The second kappa shape index (κ2) is 7.46. The first-order valence-corrected chi connectivity index (χ1v) is 6.04. The van der Waals surface area contributed by atoms with Crippen molar-refractivity contribution >= 4 is 17.6 Å². The monoisotopic (exact) mass is 282 g/mol. The van der Waals surface area contributed by atoms with Crippen molar-refractivity contribution in [1.82, 2.24) is 5.32 Å². The number of rotatable bonds is 6. The zero-order valence-electron chi connectivity index (χ0n) is 11.1. The molecule has 0 aliphatic rings. The van der Waals surface area contributed by atoms with Crippen LogP contribution in [0.15, 0.2) is 18.2 Å². The number of esters is 1. The molecule has 0 saturated heterocycles. The summed E-state index contributed by atoms with van der Waals surface area (Å²) >= 11 is 0. The van der Waals surface area contributed by atoms with Gasteiger partial charge in [-0.05, 0) is 24.6 Å². The first-order valence-electron chi connectivity index (χ1n) is 6.04. The number of ether oxygens (including phenoxy) is 1. The maximum atomic E-state index is 11.9. The topological polar surface area (TPSA) is 122 Å². The molecule has 0 heterocycles. The third-order valence-corrected chi connectivity index (χ3v) is 2.61. The number of hydrogen-bond acceptors (Lipinski definition) is 6. The van der Waals surface area contributed by atoms with Gasteiger partial charge in [-0.25, -0.2) is 4.79 Å². The fraction of sp³-hybridized carbons (Fsp3) is 0.385. The smallest absolute Gasteiger partial charge is 0.337 e. The molecule has 110 valence electrons. The molecular weight excluding hydrogens is 264 g/mol. The van der Waals surface area contributed by atoms with Crippen molar-refractivity contribution in [3.8, 4) is 0 Å². The number of anilines is 1. The average molecular weight is 282 g/mol. The Morgan fingerprint density at radius 2 is 2.00 bits per heavy atom. The zero-order chi connectivity index (χ0) is 15.1. The van der Waals surface area contributed by atoms with Gasteiger partial charge in [-0.2, -0.15) is 0 Å². The Hall–Kier alpha value is -2.12. The van der Waals surface area contributed by atoms with Gasteiger partial charge < -0.3 is 26.0 Å². The van der Waals surface area contributed by atoms with E-state index in [0.29, 0.717) is 0 Å². The van der Waals surface area contributed by atoms with Crippen LogP contribution < -0.4 is 11.1 Å². The summed E-state index contributed by atoms with van der Waals surface area (Å²) in [6, 6.07) is 4.22. The molecule has 1 aromatic carbocycles. The number of nitrogens with two attached hydrogens (primary N) is 1. The standard InChI is InChI=1S/C13H18N2O5/c1-20-13(19)9-4-8(5-10(14)6-9)12(18)15-3-2-11(17)7-16/h4-6,11,16-17H,2-3,7,14H2,1H3,(H,15,18). The molecule has 1 amide bonds. The van der Waals surface area contributed by atoms with Crippen LogP contribution in [0.4, 0.5) is 5.69 Å². The Bertz CT molecular complexity index is 490. The lowest BCUT2D eigenvalue weighted by Gasteiger charge is -2.09. The van der Waals surface area contributed by atoms with Crippen molar-refractivity contribution in [3.05, 3.63) is 29.3 Å². The fourth-order valence-corrected chi connectivity index (χ4v) is 1.56. The zero-order valence-corrected chi connectivity index (χ0v) is 11.1. The molecule has 0 radical (unpaired) electrons. The molecule has 5 N–H and O–H groups in total. The predicted octanol–water partition coefficient (Wildman–Crippen LogP) is -0.471. The number of aliphatic hydroxyl groups excluding tert-OH is 2. The van der Waals surface area contributed by atoms with Gasteiger partial charge in [-0.15, -0.1) is 0 Å². The minimum Gasteiger partial charge on any atom is -0.465 e. The normalized spacial score (nSPS) is 11.8. The van der Waals surface area contributed by atoms with E-state index in [4.69, 9.17) is 15.9 Å². The van der Waals surface area contributed by atoms with Crippen molar-refractivity contribution in [2.24, 2.45) is 0 Å². The summed E-state index contributed by atoms with van der Waals surface area (Å²) in [5, 5.41) is 20.4. The largest absolute Gasteiger partial charge is 0.465 e. The number of benzene rings is 1. The van der Waals surface area contributed by atoms with Gasteiger partial charge in [0.05, 0.1) is 25.4 Å². The molecule has 0 saturated carbocycles. The molecule has 0 bridgehead atoms. The van der Waals surface area contributed by atoms with Crippen molar-refractivity contribution < 1.29 is 24.5 Å². The molecule has 0 aromatic heterocycles. The van der Waals surface area contributed by atoms with Crippen molar-refractivity contribution in [3.63, 3.8) is 0 Å². The Labute approximate surface area is 116 Å². The van der Waals surface area contributed by atoms with E-state index < -0.39 is 18.0 Å². The molecule has 1 rings (SSSR count). The highest BCUT2D eigenvalue weighted by Crippen LogP contribution is 2.13. The third kappa shape index (κ3) is 4.52. The summed E-state index contributed by atoms with van der Waals surface area (Å²) in [6.07, 6.45) is -0.643. The number of nitrogens with one attached hydrogen (secondary N) is 1. The van der Waals surface area contributed by atoms with Gasteiger partial charge in [0.2, 0.25) is 0 Å². The summed E-state index contributed by atoms with van der Waals surface area (Å²) in [7, 11) is 1.24. The summed E-state index contributed by atoms with van der Waals surface area (Å²) < 4.78 is 4.57. The maximum Gasteiger partial charge on any atom is 0.337 e. The fourth-order valence-electron chi connectivity index (χ4n) is 1.56. The van der Waals surface area contributed by atoms with Gasteiger partial charge >= 0.3 is 5.97 Å². The third-order valence-electron chi connectivity index (χ3n) is 2.61. The number of carbonyl (C=O) groups excluding carboxylic acids is 2. The maximum absolute atomic E-state index is 11.9. The molecule has 1 atom stereocenters. The first kappa shape index (κ1) is 15.9. The molecule has 7 nitrogen and oxygen atoms in total. The van der Waals surface area contributed by atoms with E-state index in [1.165, 1.54) is 25.3 Å². The molecule has 20 heavy (non-hydrogen) atoms. The highest BCUT2D eigenvalue weighted by molar-refractivity contribution is 5.99. The van der Waals surface area contributed by atoms with Gasteiger partial charge in [-0.1, -0.05) is 0 Å². The Morgan fingerprint density at radius 3 is 2.60 bits per heavy atom. The highest BCUT2D eigenvalue weighted by Gasteiger charge is 2.12. The van der Waals surface area contributed by atoms with E-state index in [9.17, 15) is 9.59 Å². The van der Waals surface area contributed by atoms with Crippen LogP contribution in [0.1, 0.15) is 27.1 Å². The lowest BCUT2D eigenvalue weighted by Crippen LogP contribution is -2.28. The SMILES string of the molecule is COC(=O)c1cc(N)cc(C(=O)NCCC(O)CO)c1. The van der Waals surface area contributed by atoms with E-state index in [-0.39, 0.29) is 36.4 Å². The molecule has 1 aromatic rings. The van der Waals surface area contributed by atoms with Crippen LogP contribution in [-0.4, -0.2) is 48.5 Å². The minimum absolute atomic E-state index is 0.188. The van der Waals surface area contributed by atoms with Crippen molar-refractivity contribution in [2.45, 2.75) is 12.5 Å². The second-order valence-electron chi connectivity index (χ2n) is 4.22. The first-order chi connectivity index (χ1) is 9.47. The number of hydrogen-bond donors (Lipinski definition) is 4. The van der Waals surface area contributed by atoms with Gasteiger partial charge in [0.25, 0.3) is 5.91 Å². The molecule has 1 unspecified atom stereocenters. The molecule has 0 aliphatic heterocycles. The van der Waals surface area contributed by atoms with Crippen LogP contribution in [0.2, 0.25) is 0 Å². The number of aliphatic hydroxyl groups is 2. The Kier molecular flexibility index (Phi) is 5.95. The number of amides is 1. The van der Waals surface area contributed by atoms with Crippen LogP contribution in [0, 0.1) is 0 Å². The highest BCUT2D eigenvalue weighted by atomic mass is 16.5. The lowest BCUT2D eigenvalue weighted by molar-refractivity contribution is 0.0600. The van der Waals surface area contributed by atoms with Gasteiger partial charge in [0.1, 0.15) is 0 Å². The van der Waals surface area contributed by atoms with E-state index >= 15 is 0 Å². The summed E-state index contributed by atoms with van der Waals surface area (Å²) in [5.41, 5.74) is 6.31. The quantitative estimate of drug-likeness (QED) is 0.413. The second-order valence-corrected chi connectivity index (χ2v) is 4.22. The summed E-state index contributed by atoms with van der Waals surface area (Å²) in [5.74, 6) is -1.00. The molecule has 0 fully saturated rings. The average Bonchev–Trinajstić information content (AvgIpc) is 2.45. The molecule has 7 heteroatoms. The van der Waals surface area contributed by atoms with Crippen LogP contribution >= 0.6 is 0 Å². The van der Waals surface area contributed by atoms with E-state index in [1.807, 2.05) is 0 Å². The summed E-state index contributed by atoms with van der Waals surface area (Å²) in [4.78, 5) is 23.3. The number of nitrogen functional groups attached to an aromatic ring is 1. The van der Waals surface area contributed by atoms with Crippen molar-refractivity contribution in [2.75, 3.05) is 26.0 Å². The van der Waals surface area contributed by atoms with Crippen LogP contribution in [0.3, 0.4) is 0 Å². The number of methoxy groups -OCH3 is 1. The van der Waals surface area contributed by atoms with Gasteiger partial charge in [-0.3, -0.25) is 4.79 Å². The minimum atomic E-state index is -0.873. The number of carbonyl (C=O) groups is 2.